The smallest absolute Gasteiger partial charge is 0.258 e. The minimum absolute atomic E-state index is 0.137. The van der Waals surface area contributed by atoms with E-state index in [0.717, 1.165) is 25.1 Å². The first-order chi connectivity index (χ1) is 14.4. The Labute approximate surface area is 175 Å². The van der Waals surface area contributed by atoms with Crippen molar-refractivity contribution >= 4 is 17.7 Å². The van der Waals surface area contributed by atoms with Crippen molar-refractivity contribution in [1.82, 2.24) is 9.97 Å². The van der Waals surface area contributed by atoms with Crippen LogP contribution in [0.2, 0.25) is 0 Å². The monoisotopic (exact) mass is 412 g/mol. The van der Waals surface area contributed by atoms with Gasteiger partial charge in [-0.2, -0.15) is 4.98 Å². The molecule has 160 valence electrons. The Morgan fingerprint density at radius 2 is 1.83 bits per heavy atom. The van der Waals surface area contributed by atoms with Crippen LogP contribution in [-0.2, 0) is 4.79 Å². The number of para-hydroxylation sites is 1. The molecule has 8 nitrogen and oxygen atoms in total. The molecule has 1 aromatic carbocycles. The number of fused-ring (bicyclic) bond motifs is 1. The van der Waals surface area contributed by atoms with E-state index >= 15 is 0 Å². The highest BCUT2D eigenvalue weighted by Crippen LogP contribution is 2.42. The summed E-state index contributed by atoms with van der Waals surface area (Å²) in [7, 11) is 3.11. The van der Waals surface area contributed by atoms with Crippen molar-refractivity contribution in [2.75, 3.05) is 37.5 Å². The zero-order chi connectivity index (χ0) is 21.4. The van der Waals surface area contributed by atoms with E-state index in [0.29, 0.717) is 40.7 Å². The van der Waals surface area contributed by atoms with Crippen molar-refractivity contribution in [2.45, 2.75) is 32.6 Å². The molecule has 1 aromatic heterocycles. The summed E-state index contributed by atoms with van der Waals surface area (Å²) in [4.78, 5) is 35.4. The molecule has 0 spiro atoms. The van der Waals surface area contributed by atoms with Crippen LogP contribution in [0.15, 0.2) is 23.0 Å². The van der Waals surface area contributed by atoms with Gasteiger partial charge in [0.25, 0.3) is 5.56 Å². The molecule has 2 aliphatic rings. The lowest BCUT2D eigenvalue weighted by Crippen LogP contribution is -2.41. The largest absolute Gasteiger partial charge is 0.493 e. The van der Waals surface area contributed by atoms with Crippen molar-refractivity contribution in [3.63, 3.8) is 0 Å². The van der Waals surface area contributed by atoms with Gasteiger partial charge in [-0.1, -0.05) is 26.0 Å². The number of nitrogens with zero attached hydrogens (tertiary/aromatic N) is 2. The first-order valence-electron chi connectivity index (χ1n) is 10.3. The highest BCUT2D eigenvalue weighted by atomic mass is 16.5. The number of nitrogens with one attached hydrogen (secondary N) is 2. The maximum atomic E-state index is 13.2. The average Bonchev–Trinajstić information content (AvgIpc) is 2.71. The number of H-pyrrole nitrogens is 1. The Hall–Kier alpha value is -3.03. The number of aromatic nitrogens is 2. The fourth-order valence-corrected chi connectivity index (χ4v) is 4.80. The van der Waals surface area contributed by atoms with Crippen molar-refractivity contribution in [1.29, 1.82) is 0 Å². The lowest BCUT2D eigenvalue weighted by Gasteiger charge is -2.36. The van der Waals surface area contributed by atoms with Crippen molar-refractivity contribution in [2.24, 2.45) is 11.8 Å². The van der Waals surface area contributed by atoms with Crippen LogP contribution in [0.5, 0.6) is 11.5 Å². The molecule has 3 heterocycles. The van der Waals surface area contributed by atoms with Crippen molar-refractivity contribution in [3.8, 4) is 11.5 Å². The van der Waals surface area contributed by atoms with Crippen LogP contribution in [-0.4, -0.2) is 43.2 Å². The molecule has 0 saturated carbocycles. The minimum Gasteiger partial charge on any atom is -0.493 e. The summed E-state index contributed by atoms with van der Waals surface area (Å²) in [5.74, 6) is 2.29. The van der Waals surface area contributed by atoms with Crippen LogP contribution in [0.4, 0.5) is 11.8 Å². The van der Waals surface area contributed by atoms with E-state index in [1.54, 1.807) is 20.3 Å². The van der Waals surface area contributed by atoms with E-state index < -0.39 is 5.92 Å². The molecule has 1 amide bonds. The molecule has 0 aliphatic carbocycles. The van der Waals surface area contributed by atoms with Crippen LogP contribution < -0.4 is 25.2 Å². The van der Waals surface area contributed by atoms with E-state index in [-0.39, 0.29) is 17.9 Å². The minimum atomic E-state index is -0.469. The standard InChI is InChI=1S/C22H28N4O4/c1-12-8-13(2)11-26(10-12)22-24-20-18(21(28)25-22)15(9-17(27)23-20)14-6-5-7-16(29-3)19(14)30-4/h5-7,12-13,15H,8-11H2,1-4H3,(H2,23,24,25,27,28). The molecule has 0 radical (unpaired) electrons. The SMILES string of the molecule is COc1cccc(C2CC(=O)Nc3nc(N4CC(C)CC(C)C4)[nH]c(=O)c32)c1OC. The summed E-state index contributed by atoms with van der Waals surface area (Å²) in [6.45, 7) is 6.05. The fraction of sp³-hybridized carbons (Fsp3) is 0.500. The number of carbonyl (C=O) groups is 1. The van der Waals surface area contributed by atoms with Crippen LogP contribution in [0.1, 0.15) is 43.7 Å². The zero-order valence-electron chi connectivity index (χ0n) is 17.8. The van der Waals surface area contributed by atoms with E-state index in [9.17, 15) is 9.59 Å². The van der Waals surface area contributed by atoms with Crippen LogP contribution in [0.3, 0.4) is 0 Å². The molecule has 1 saturated heterocycles. The third kappa shape index (κ3) is 3.62. The molecule has 8 heteroatoms. The van der Waals surface area contributed by atoms with Gasteiger partial charge in [0.1, 0.15) is 5.82 Å². The number of methoxy groups -OCH3 is 2. The number of rotatable bonds is 4. The summed E-state index contributed by atoms with van der Waals surface area (Å²) in [6.07, 6.45) is 1.29. The van der Waals surface area contributed by atoms with Gasteiger partial charge in [0.2, 0.25) is 11.9 Å². The van der Waals surface area contributed by atoms with Crippen molar-refractivity contribution < 1.29 is 14.3 Å². The van der Waals surface area contributed by atoms with Gasteiger partial charge in [-0.05, 0) is 24.3 Å². The number of carbonyl (C=O) groups excluding carboxylic acids is 1. The molecular formula is C22H28N4O4. The second kappa shape index (κ2) is 8.01. The summed E-state index contributed by atoms with van der Waals surface area (Å²) in [5.41, 5.74) is 0.937. The predicted octanol–water partition coefficient (Wildman–Crippen LogP) is 2.74. The molecule has 2 aromatic rings. The quantitative estimate of drug-likeness (QED) is 0.802. The molecule has 3 unspecified atom stereocenters. The van der Waals surface area contributed by atoms with E-state index in [1.807, 2.05) is 12.1 Å². The van der Waals surface area contributed by atoms with Crippen LogP contribution in [0.25, 0.3) is 0 Å². The molecule has 3 atom stereocenters. The first kappa shape index (κ1) is 20.3. The summed E-state index contributed by atoms with van der Waals surface area (Å²) >= 11 is 0. The van der Waals surface area contributed by atoms with Gasteiger partial charge in [-0.3, -0.25) is 14.6 Å². The normalized spacial score (nSPS) is 23.5. The number of piperidine rings is 1. The second-order valence-electron chi connectivity index (χ2n) is 8.39. The predicted molar refractivity (Wildman–Crippen MR) is 115 cm³/mol. The van der Waals surface area contributed by atoms with Crippen LogP contribution in [0, 0.1) is 11.8 Å². The summed E-state index contributed by atoms with van der Waals surface area (Å²) in [6, 6.07) is 5.47. The number of aromatic amines is 1. The van der Waals surface area contributed by atoms with Gasteiger partial charge in [-0.15, -0.1) is 0 Å². The number of hydrogen-bond donors (Lipinski definition) is 2. The van der Waals surface area contributed by atoms with Gasteiger partial charge >= 0.3 is 0 Å². The number of ether oxygens (including phenoxy) is 2. The lowest BCUT2D eigenvalue weighted by atomic mass is 9.86. The van der Waals surface area contributed by atoms with E-state index in [4.69, 9.17) is 9.47 Å². The number of amides is 1. The van der Waals surface area contributed by atoms with Gasteiger partial charge < -0.3 is 19.7 Å². The first-order valence-corrected chi connectivity index (χ1v) is 10.3. The number of benzene rings is 1. The van der Waals surface area contributed by atoms with Crippen LogP contribution >= 0.6 is 0 Å². The van der Waals surface area contributed by atoms with Gasteiger partial charge in [-0.25, -0.2) is 0 Å². The Morgan fingerprint density at radius 3 is 2.50 bits per heavy atom. The topological polar surface area (TPSA) is 96.5 Å². The van der Waals surface area contributed by atoms with Gasteiger partial charge in [0.05, 0.1) is 19.8 Å². The third-order valence-corrected chi connectivity index (χ3v) is 5.92. The Morgan fingerprint density at radius 1 is 1.10 bits per heavy atom. The molecule has 2 N–H and O–H groups in total. The number of hydrogen-bond acceptors (Lipinski definition) is 6. The molecular weight excluding hydrogens is 384 g/mol. The average molecular weight is 412 g/mol. The number of anilines is 2. The molecule has 30 heavy (non-hydrogen) atoms. The third-order valence-electron chi connectivity index (χ3n) is 5.92. The summed E-state index contributed by atoms with van der Waals surface area (Å²) in [5, 5.41) is 2.80. The van der Waals surface area contributed by atoms with E-state index in [1.165, 1.54) is 0 Å². The molecule has 4 rings (SSSR count). The zero-order valence-corrected chi connectivity index (χ0v) is 17.8. The Kier molecular flexibility index (Phi) is 5.40. The summed E-state index contributed by atoms with van der Waals surface area (Å²) < 4.78 is 11.0. The Bertz CT molecular complexity index is 1010. The second-order valence-corrected chi connectivity index (χ2v) is 8.39. The molecule has 1 fully saturated rings. The lowest BCUT2D eigenvalue weighted by molar-refractivity contribution is -0.116. The molecule has 2 aliphatic heterocycles. The van der Waals surface area contributed by atoms with E-state index in [2.05, 4.69) is 34.0 Å². The Balaban J connectivity index is 1.80. The fourth-order valence-electron chi connectivity index (χ4n) is 4.80. The maximum Gasteiger partial charge on any atom is 0.258 e. The highest BCUT2D eigenvalue weighted by Gasteiger charge is 2.34. The van der Waals surface area contributed by atoms with Gasteiger partial charge in [0, 0.05) is 31.0 Å². The van der Waals surface area contributed by atoms with Crippen molar-refractivity contribution in [3.05, 3.63) is 39.7 Å². The molecule has 0 bridgehead atoms. The highest BCUT2D eigenvalue weighted by molar-refractivity contribution is 5.94. The van der Waals surface area contributed by atoms with Gasteiger partial charge in [0.15, 0.2) is 11.5 Å². The maximum absolute atomic E-state index is 13.2.